The summed E-state index contributed by atoms with van der Waals surface area (Å²) in [4.78, 5) is 12.1. The zero-order valence-electron chi connectivity index (χ0n) is 11.5. The van der Waals surface area contributed by atoms with E-state index in [1.165, 1.54) is 12.1 Å². The molecule has 5 nitrogen and oxygen atoms in total. The van der Waals surface area contributed by atoms with Gasteiger partial charge < -0.3 is 10.2 Å². The first-order valence-electron chi connectivity index (χ1n) is 6.37. The monoisotopic (exact) mass is 301 g/mol. The van der Waals surface area contributed by atoms with E-state index in [0.717, 1.165) is 11.3 Å². The molecule has 0 bridgehead atoms. The standard InChI is InChI=1S/C15H15N3O2S/c1-17(11-12-5-3-2-4-6-12)15(21)16-13-7-9-14(10-8-13)18(19)20/h2-10H,11H2,1H3,(H,16,21). The molecule has 2 aromatic carbocycles. The molecule has 0 aliphatic carbocycles. The van der Waals surface area contributed by atoms with Gasteiger partial charge >= 0.3 is 0 Å². The maximum atomic E-state index is 10.6. The number of nitrogens with one attached hydrogen (secondary N) is 1. The molecular weight excluding hydrogens is 286 g/mol. The summed E-state index contributed by atoms with van der Waals surface area (Å²) in [6.07, 6.45) is 0. The summed E-state index contributed by atoms with van der Waals surface area (Å²) in [5.41, 5.74) is 1.95. The fraction of sp³-hybridized carbons (Fsp3) is 0.133. The lowest BCUT2D eigenvalue weighted by Gasteiger charge is -2.21. The quantitative estimate of drug-likeness (QED) is 0.532. The molecule has 0 amide bonds. The molecule has 0 radical (unpaired) electrons. The van der Waals surface area contributed by atoms with Gasteiger partial charge in [0.15, 0.2) is 5.11 Å². The summed E-state index contributed by atoms with van der Waals surface area (Å²) in [5, 5.41) is 14.2. The molecule has 0 fully saturated rings. The van der Waals surface area contributed by atoms with Crippen molar-refractivity contribution in [3.63, 3.8) is 0 Å². The van der Waals surface area contributed by atoms with E-state index in [9.17, 15) is 10.1 Å². The Labute approximate surface area is 128 Å². The van der Waals surface area contributed by atoms with Crippen LogP contribution in [-0.2, 0) is 6.54 Å². The van der Waals surface area contributed by atoms with Gasteiger partial charge in [-0.15, -0.1) is 0 Å². The Morgan fingerprint density at radius 3 is 2.38 bits per heavy atom. The van der Waals surface area contributed by atoms with Crippen molar-refractivity contribution in [2.45, 2.75) is 6.54 Å². The van der Waals surface area contributed by atoms with Gasteiger partial charge in [-0.05, 0) is 29.9 Å². The molecule has 0 aliphatic heterocycles. The summed E-state index contributed by atoms with van der Waals surface area (Å²) < 4.78 is 0. The van der Waals surface area contributed by atoms with Crippen LogP contribution in [0.15, 0.2) is 54.6 Å². The van der Waals surface area contributed by atoms with Crippen LogP contribution in [-0.4, -0.2) is 22.0 Å². The van der Waals surface area contributed by atoms with Gasteiger partial charge in [0.25, 0.3) is 5.69 Å². The maximum absolute atomic E-state index is 10.6. The average Bonchev–Trinajstić information content (AvgIpc) is 2.48. The molecule has 6 heteroatoms. The lowest BCUT2D eigenvalue weighted by Crippen LogP contribution is -2.30. The van der Waals surface area contributed by atoms with E-state index in [2.05, 4.69) is 5.32 Å². The second-order valence-corrected chi connectivity index (χ2v) is 4.96. The molecule has 0 saturated carbocycles. The number of nitrogens with zero attached hydrogens (tertiary/aromatic N) is 2. The minimum absolute atomic E-state index is 0.0594. The van der Waals surface area contributed by atoms with Gasteiger partial charge in [0.1, 0.15) is 0 Å². The molecule has 0 heterocycles. The van der Waals surface area contributed by atoms with Gasteiger partial charge in [-0.3, -0.25) is 10.1 Å². The molecule has 0 spiro atoms. The highest BCUT2D eigenvalue weighted by atomic mass is 32.1. The van der Waals surface area contributed by atoms with Crippen molar-refractivity contribution in [1.82, 2.24) is 4.90 Å². The van der Waals surface area contributed by atoms with Gasteiger partial charge in [0.05, 0.1) is 4.92 Å². The SMILES string of the molecule is CN(Cc1ccccc1)C(=S)Nc1ccc([N+](=O)[O-])cc1. The first-order valence-corrected chi connectivity index (χ1v) is 6.77. The van der Waals surface area contributed by atoms with Crippen LogP contribution in [0.25, 0.3) is 0 Å². The van der Waals surface area contributed by atoms with Gasteiger partial charge in [0, 0.05) is 31.4 Å². The second kappa shape index (κ2) is 6.81. The fourth-order valence-electron chi connectivity index (χ4n) is 1.81. The van der Waals surface area contributed by atoms with Crippen LogP contribution < -0.4 is 5.32 Å². The number of thiocarbonyl (C=S) groups is 1. The topological polar surface area (TPSA) is 58.4 Å². The minimum atomic E-state index is -0.427. The van der Waals surface area contributed by atoms with Crippen LogP contribution in [0.5, 0.6) is 0 Å². The van der Waals surface area contributed by atoms with Crippen LogP contribution in [0.1, 0.15) is 5.56 Å². The third kappa shape index (κ3) is 4.25. The number of nitro benzene ring substituents is 1. The number of benzene rings is 2. The summed E-state index contributed by atoms with van der Waals surface area (Å²) in [5.74, 6) is 0. The third-order valence-corrected chi connectivity index (χ3v) is 3.35. The Hall–Kier alpha value is -2.47. The van der Waals surface area contributed by atoms with Crippen LogP contribution >= 0.6 is 12.2 Å². The molecule has 0 aliphatic rings. The van der Waals surface area contributed by atoms with E-state index in [-0.39, 0.29) is 5.69 Å². The first kappa shape index (κ1) is 14.9. The lowest BCUT2D eigenvalue weighted by atomic mass is 10.2. The lowest BCUT2D eigenvalue weighted by molar-refractivity contribution is -0.384. The summed E-state index contributed by atoms with van der Waals surface area (Å²) in [7, 11) is 1.90. The van der Waals surface area contributed by atoms with E-state index in [1.807, 2.05) is 42.3 Å². The maximum Gasteiger partial charge on any atom is 0.269 e. The highest BCUT2D eigenvalue weighted by Crippen LogP contribution is 2.16. The number of anilines is 1. The molecule has 2 aromatic rings. The molecule has 108 valence electrons. The van der Waals surface area contributed by atoms with Gasteiger partial charge in [0.2, 0.25) is 0 Å². The Morgan fingerprint density at radius 1 is 1.19 bits per heavy atom. The fourth-order valence-corrected chi connectivity index (χ4v) is 2.00. The van der Waals surface area contributed by atoms with Gasteiger partial charge in [-0.25, -0.2) is 0 Å². The molecule has 2 rings (SSSR count). The van der Waals surface area contributed by atoms with Gasteiger partial charge in [-0.1, -0.05) is 30.3 Å². The molecule has 1 N–H and O–H groups in total. The van der Waals surface area contributed by atoms with Crippen molar-refractivity contribution in [3.05, 3.63) is 70.3 Å². The Kier molecular flexibility index (Phi) is 4.84. The minimum Gasteiger partial charge on any atom is -0.348 e. The Morgan fingerprint density at radius 2 is 1.81 bits per heavy atom. The first-order chi connectivity index (χ1) is 10.1. The molecular formula is C15H15N3O2S. The van der Waals surface area contributed by atoms with Crippen LogP contribution in [0, 0.1) is 10.1 Å². The molecule has 0 saturated heterocycles. The average molecular weight is 301 g/mol. The zero-order chi connectivity index (χ0) is 15.2. The van der Waals surface area contributed by atoms with Crippen molar-refractivity contribution in [1.29, 1.82) is 0 Å². The summed E-state index contributed by atoms with van der Waals surface area (Å²) in [6, 6.07) is 16.2. The summed E-state index contributed by atoms with van der Waals surface area (Å²) >= 11 is 5.32. The number of nitro groups is 1. The smallest absolute Gasteiger partial charge is 0.269 e. The highest BCUT2D eigenvalue weighted by molar-refractivity contribution is 7.80. The van der Waals surface area contributed by atoms with Crippen molar-refractivity contribution in [2.75, 3.05) is 12.4 Å². The Bertz CT molecular complexity index is 629. The Balaban J connectivity index is 1.95. The van der Waals surface area contributed by atoms with Crippen molar-refractivity contribution >= 4 is 28.7 Å². The second-order valence-electron chi connectivity index (χ2n) is 4.58. The molecule has 0 unspecified atom stereocenters. The van der Waals surface area contributed by atoms with E-state index in [4.69, 9.17) is 12.2 Å². The number of rotatable bonds is 4. The van der Waals surface area contributed by atoms with E-state index < -0.39 is 4.92 Å². The third-order valence-electron chi connectivity index (χ3n) is 2.94. The van der Waals surface area contributed by atoms with Crippen molar-refractivity contribution in [3.8, 4) is 0 Å². The largest absolute Gasteiger partial charge is 0.348 e. The van der Waals surface area contributed by atoms with E-state index in [1.54, 1.807) is 12.1 Å². The number of hydrogen-bond acceptors (Lipinski definition) is 3. The normalized spacial score (nSPS) is 9.95. The van der Waals surface area contributed by atoms with E-state index >= 15 is 0 Å². The molecule has 0 atom stereocenters. The predicted molar refractivity (Wildman–Crippen MR) is 87.2 cm³/mol. The molecule has 21 heavy (non-hydrogen) atoms. The van der Waals surface area contributed by atoms with Crippen molar-refractivity contribution < 1.29 is 4.92 Å². The van der Waals surface area contributed by atoms with Crippen LogP contribution in [0.4, 0.5) is 11.4 Å². The van der Waals surface area contributed by atoms with Gasteiger partial charge in [-0.2, -0.15) is 0 Å². The number of hydrogen-bond donors (Lipinski definition) is 1. The zero-order valence-corrected chi connectivity index (χ0v) is 12.3. The summed E-state index contributed by atoms with van der Waals surface area (Å²) in [6.45, 7) is 0.694. The molecule has 0 aromatic heterocycles. The van der Waals surface area contributed by atoms with Crippen molar-refractivity contribution in [2.24, 2.45) is 0 Å². The van der Waals surface area contributed by atoms with Crippen LogP contribution in [0.3, 0.4) is 0 Å². The number of non-ortho nitro benzene ring substituents is 1. The predicted octanol–water partition coefficient (Wildman–Crippen LogP) is 3.42. The van der Waals surface area contributed by atoms with Crippen LogP contribution in [0.2, 0.25) is 0 Å². The highest BCUT2D eigenvalue weighted by Gasteiger charge is 2.07. The van der Waals surface area contributed by atoms with E-state index in [0.29, 0.717) is 11.7 Å².